The zero-order valence-electron chi connectivity index (χ0n) is 15.5. The Bertz CT molecular complexity index is 904. The van der Waals surface area contributed by atoms with Gasteiger partial charge in [0.05, 0.1) is 10.4 Å². The average molecular weight is 442 g/mol. The second kappa shape index (κ2) is 7.51. The van der Waals surface area contributed by atoms with E-state index in [2.05, 4.69) is 31.2 Å². The maximum Gasteiger partial charge on any atom is 0.410 e. The molecule has 2 aromatic rings. The van der Waals surface area contributed by atoms with Crippen molar-refractivity contribution in [2.75, 3.05) is 12.4 Å². The van der Waals surface area contributed by atoms with Crippen LogP contribution in [0.25, 0.3) is 11.0 Å². The number of non-ortho nitro benzene ring substituents is 1. The van der Waals surface area contributed by atoms with E-state index in [1.54, 1.807) is 26.8 Å². The number of fused-ring (bicyclic) bond motifs is 1. The smallest absolute Gasteiger partial charge is 0.410 e. The molecule has 1 aromatic carbocycles. The fourth-order valence-corrected chi connectivity index (χ4v) is 2.59. The summed E-state index contributed by atoms with van der Waals surface area (Å²) in [6.07, 6.45) is -0.644. The second-order valence-corrected chi connectivity index (χ2v) is 7.83. The number of nitro groups is 1. The Balaban J connectivity index is 2.19. The molecule has 0 aliphatic carbocycles. The predicted octanol–water partition coefficient (Wildman–Crippen LogP) is 3.43. The Labute approximate surface area is 163 Å². The van der Waals surface area contributed by atoms with Gasteiger partial charge in [0.15, 0.2) is 0 Å². The van der Waals surface area contributed by atoms with Gasteiger partial charge in [-0.2, -0.15) is 0 Å². The van der Waals surface area contributed by atoms with Gasteiger partial charge in [-0.25, -0.2) is 9.78 Å². The summed E-state index contributed by atoms with van der Waals surface area (Å²) in [5.41, 5.74) is -0.357. The van der Waals surface area contributed by atoms with Gasteiger partial charge in [0.25, 0.3) is 5.69 Å². The van der Waals surface area contributed by atoms with Crippen molar-refractivity contribution < 1.29 is 19.2 Å². The van der Waals surface area contributed by atoms with Crippen LogP contribution >= 0.6 is 15.9 Å². The zero-order valence-corrected chi connectivity index (χ0v) is 17.1. The monoisotopic (exact) mass is 441 g/mol. The Morgan fingerprint density at radius 1 is 1.41 bits per heavy atom. The lowest BCUT2D eigenvalue weighted by molar-refractivity contribution is -0.383. The number of aromatic amines is 1. The molecule has 10 nitrogen and oxygen atoms in total. The highest BCUT2D eigenvalue weighted by molar-refractivity contribution is 9.10. The molecule has 2 rings (SSSR count). The molecule has 0 aliphatic rings. The summed E-state index contributed by atoms with van der Waals surface area (Å²) in [5, 5.41) is 13.7. The van der Waals surface area contributed by atoms with Gasteiger partial charge in [0.1, 0.15) is 17.2 Å². The second-order valence-electron chi connectivity index (χ2n) is 6.92. The van der Waals surface area contributed by atoms with Gasteiger partial charge < -0.3 is 9.72 Å². The Kier molecular flexibility index (Phi) is 5.73. The first-order chi connectivity index (χ1) is 12.4. The fraction of sp³-hybridized carbons (Fsp3) is 0.438. The molecule has 0 spiro atoms. The van der Waals surface area contributed by atoms with E-state index in [-0.39, 0.29) is 17.2 Å². The van der Waals surface area contributed by atoms with Gasteiger partial charge in [0.2, 0.25) is 11.9 Å². The van der Waals surface area contributed by atoms with Crippen molar-refractivity contribution >= 4 is 50.6 Å². The van der Waals surface area contributed by atoms with Crippen LogP contribution < -0.4 is 5.32 Å². The zero-order chi connectivity index (χ0) is 20.5. The van der Waals surface area contributed by atoms with Crippen molar-refractivity contribution in [3.8, 4) is 0 Å². The predicted molar refractivity (Wildman–Crippen MR) is 103 cm³/mol. The number of nitrogens with one attached hydrogen (secondary N) is 2. The van der Waals surface area contributed by atoms with Crippen LogP contribution in [-0.2, 0) is 9.53 Å². The number of ether oxygens (including phenoxy) is 1. The number of hydrogen-bond acceptors (Lipinski definition) is 6. The van der Waals surface area contributed by atoms with Crippen LogP contribution in [0, 0.1) is 10.1 Å². The van der Waals surface area contributed by atoms with Gasteiger partial charge in [-0.3, -0.25) is 25.1 Å². The number of hydrogen-bond donors (Lipinski definition) is 2. The van der Waals surface area contributed by atoms with Gasteiger partial charge in [-0.05, 0) is 33.8 Å². The Hall–Kier alpha value is -2.69. The normalized spacial score (nSPS) is 12.5. The lowest BCUT2D eigenvalue weighted by atomic mass is 10.2. The molecule has 0 aliphatic heterocycles. The van der Waals surface area contributed by atoms with Crippen LogP contribution in [0.15, 0.2) is 16.6 Å². The minimum absolute atomic E-state index is 0.0423. The molecular formula is C16H20BrN5O5. The van der Waals surface area contributed by atoms with Crippen LogP contribution in [0.3, 0.4) is 0 Å². The van der Waals surface area contributed by atoms with Crippen molar-refractivity contribution in [2.45, 2.75) is 39.3 Å². The summed E-state index contributed by atoms with van der Waals surface area (Å²) in [5.74, 6) is -0.482. The molecule has 1 atom stereocenters. The third kappa shape index (κ3) is 4.94. The summed E-state index contributed by atoms with van der Waals surface area (Å²) in [6, 6.07) is 2.07. The molecule has 0 saturated carbocycles. The standard InChI is InChI=1S/C16H20BrN5O5/c1-8(21(5)15(24)27-16(2,3)4)13(23)20-14-18-10-6-9(17)7-11(22(25)26)12(10)19-14/h6-8H,1-5H3,(H2,18,19,20,23). The summed E-state index contributed by atoms with van der Waals surface area (Å²) >= 11 is 3.19. The number of halogens is 1. The van der Waals surface area contributed by atoms with Crippen molar-refractivity contribution in [2.24, 2.45) is 0 Å². The van der Waals surface area contributed by atoms with E-state index >= 15 is 0 Å². The summed E-state index contributed by atoms with van der Waals surface area (Å²) in [4.78, 5) is 43.2. The Morgan fingerprint density at radius 3 is 2.59 bits per heavy atom. The number of benzene rings is 1. The first-order valence-corrected chi connectivity index (χ1v) is 8.78. The number of imidazole rings is 1. The molecule has 1 unspecified atom stereocenters. The van der Waals surface area contributed by atoms with E-state index in [1.165, 1.54) is 20.0 Å². The molecule has 11 heteroatoms. The Morgan fingerprint density at radius 2 is 2.04 bits per heavy atom. The van der Waals surface area contributed by atoms with E-state index in [1.807, 2.05) is 0 Å². The molecule has 1 heterocycles. The summed E-state index contributed by atoms with van der Waals surface area (Å²) < 4.78 is 5.72. The van der Waals surface area contributed by atoms with E-state index < -0.39 is 28.6 Å². The molecule has 0 bridgehead atoms. The molecule has 2 amide bonds. The fourth-order valence-electron chi connectivity index (χ4n) is 2.15. The van der Waals surface area contributed by atoms with E-state index in [4.69, 9.17) is 4.74 Å². The third-order valence-electron chi connectivity index (χ3n) is 3.62. The number of likely N-dealkylation sites (N-methyl/N-ethyl adjacent to an activating group) is 1. The molecule has 0 saturated heterocycles. The molecule has 146 valence electrons. The van der Waals surface area contributed by atoms with E-state index in [9.17, 15) is 19.7 Å². The van der Waals surface area contributed by atoms with Crippen molar-refractivity contribution in [1.82, 2.24) is 14.9 Å². The van der Waals surface area contributed by atoms with Crippen LogP contribution in [-0.4, -0.2) is 50.5 Å². The van der Waals surface area contributed by atoms with Gasteiger partial charge in [0, 0.05) is 17.6 Å². The van der Waals surface area contributed by atoms with Crippen LogP contribution in [0.2, 0.25) is 0 Å². The summed E-state index contributed by atoms with van der Waals surface area (Å²) in [6.45, 7) is 6.70. The van der Waals surface area contributed by atoms with Crippen molar-refractivity contribution in [1.29, 1.82) is 0 Å². The molecular weight excluding hydrogens is 422 g/mol. The lowest BCUT2D eigenvalue weighted by Gasteiger charge is -2.27. The number of nitro benzene ring substituents is 1. The molecule has 2 N–H and O–H groups in total. The molecule has 27 heavy (non-hydrogen) atoms. The highest BCUT2D eigenvalue weighted by Gasteiger charge is 2.27. The molecule has 1 aromatic heterocycles. The number of anilines is 1. The lowest BCUT2D eigenvalue weighted by Crippen LogP contribution is -2.45. The van der Waals surface area contributed by atoms with Gasteiger partial charge in [-0.1, -0.05) is 15.9 Å². The molecule has 0 radical (unpaired) electrons. The van der Waals surface area contributed by atoms with Crippen LogP contribution in [0.1, 0.15) is 27.7 Å². The highest BCUT2D eigenvalue weighted by Crippen LogP contribution is 2.29. The third-order valence-corrected chi connectivity index (χ3v) is 4.08. The number of carbonyl (C=O) groups is 2. The number of carbonyl (C=O) groups excluding carboxylic acids is 2. The maximum absolute atomic E-state index is 12.4. The van der Waals surface area contributed by atoms with E-state index in [0.29, 0.717) is 9.99 Å². The quantitative estimate of drug-likeness (QED) is 0.551. The van der Waals surface area contributed by atoms with Gasteiger partial charge in [-0.15, -0.1) is 0 Å². The topological polar surface area (TPSA) is 130 Å². The minimum Gasteiger partial charge on any atom is -0.444 e. The largest absolute Gasteiger partial charge is 0.444 e. The van der Waals surface area contributed by atoms with Crippen LogP contribution in [0.4, 0.5) is 16.4 Å². The number of amides is 2. The number of H-pyrrole nitrogens is 1. The first kappa shape index (κ1) is 20.6. The van der Waals surface area contributed by atoms with Crippen LogP contribution in [0.5, 0.6) is 0 Å². The maximum atomic E-state index is 12.4. The number of aromatic nitrogens is 2. The average Bonchev–Trinajstić information content (AvgIpc) is 2.92. The van der Waals surface area contributed by atoms with Crippen molar-refractivity contribution in [3.05, 3.63) is 26.7 Å². The van der Waals surface area contributed by atoms with E-state index in [0.717, 1.165) is 4.90 Å². The highest BCUT2D eigenvalue weighted by atomic mass is 79.9. The molecule has 0 fully saturated rings. The SMILES string of the molecule is CC(C(=O)Nc1nc2cc(Br)cc([N+](=O)[O-])c2[nH]1)N(C)C(=O)OC(C)(C)C. The minimum atomic E-state index is -0.852. The van der Waals surface area contributed by atoms with Gasteiger partial charge >= 0.3 is 6.09 Å². The number of nitrogens with zero attached hydrogens (tertiary/aromatic N) is 3. The van der Waals surface area contributed by atoms with Crippen molar-refractivity contribution in [3.63, 3.8) is 0 Å². The number of rotatable bonds is 4. The first-order valence-electron chi connectivity index (χ1n) is 7.99. The summed E-state index contributed by atoms with van der Waals surface area (Å²) in [7, 11) is 1.44.